The third kappa shape index (κ3) is 45.9. The van der Waals surface area contributed by atoms with E-state index in [0.717, 1.165) is 60.7 Å². The molecule has 0 unspecified atom stereocenters. The number of hydrogen-bond acceptors (Lipinski definition) is 44. The first kappa shape index (κ1) is 122. The lowest BCUT2D eigenvalue weighted by molar-refractivity contribution is 0.136. The van der Waals surface area contributed by atoms with Crippen molar-refractivity contribution in [1.29, 1.82) is 0 Å². The normalized spacial score (nSPS) is 12.2. The van der Waals surface area contributed by atoms with Crippen LogP contribution in [0, 0.1) is 0 Å². The Morgan fingerprint density at radius 2 is 0.469 bits per heavy atom. The average molecular weight is 1980 g/mol. The van der Waals surface area contributed by atoms with Crippen molar-refractivity contribution < 1.29 is 180 Å². The number of aromatic hydroxyl groups is 2. The fourth-order valence-electron chi connectivity index (χ4n) is 11.3. The fraction of sp³-hybridized carbons (Fsp3) is 0.541. The number of benzene rings is 6. The molecule has 0 amide bonds. The molecule has 0 saturated heterocycles. The number of aliphatic hydroxyl groups excluding tert-OH is 18. The Morgan fingerprint density at radius 1 is 0.269 bits per heavy atom. The van der Waals surface area contributed by atoms with E-state index in [1.807, 2.05) is 0 Å². The van der Waals surface area contributed by atoms with Crippen molar-refractivity contribution >= 4 is 129 Å². The number of azo groups is 2. The van der Waals surface area contributed by atoms with Crippen LogP contribution in [0.5, 0.6) is 11.5 Å². The Labute approximate surface area is 753 Å². The summed E-state index contributed by atoms with van der Waals surface area (Å²) in [4.78, 5) is 5.27. The van der Waals surface area contributed by atoms with E-state index in [1.54, 1.807) is 43.2 Å². The van der Waals surface area contributed by atoms with Crippen LogP contribution < -0.4 is 10.6 Å². The number of rotatable bonds is 52. The van der Waals surface area contributed by atoms with Crippen molar-refractivity contribution in [3.05, 3.63) is 83.9 Å². The summed E-state index contributed by atoms with van der Waals surface area (Å²) in [6, 6.07) is 10.4. The molecule has 0 saturated carbocycles. The maximum absolute atomic E-state index is 12.6. The van der Waals surface area contributed by atoms with E-state index in [0.29, 0.717) is 142 Å². The van der Waals surface area contributed by atoms with Gasteiger partial charge in [-0.1, -0.05) is 24.3 Å². The van der Waals surface area contributed by atoms with E-state index < -0.39 is 124 Å². The van der Waals surface area contributed by atoms with Gasteiger partial charge in [-0.05, 0) is 96.4 Å². The molecule has 6 rings (SSSR count). The minimum Gasteiger partial charge on any atom is -0.505 e. The van der Waals surface area contributed by atoms with Gasteiger partial charge in [0.15, 0.2) is 11.5 Å². The van der Waals surface area contributed by atoms with Crippen molar-refractivity contribution in [2.45, 2.75) is 43.2 Å². The zero-order chi connectivity index (χ0) is 99.0. The highest BCUT2D eigenvalue weighted by atomic mass is 32.2. The largest absolute Gasteiger partial charge is 0.505 e. The molecule has 0 fully saturated rings. The molecule has 6 aromatic carbocycles. The summed E-state index contributed by atoms with van der Waals surface area (Å²) < 4.78 is 207. The van der Waals surface area contributed by atoms with Crippen LogP contribution in [0.15, 0.2) is 123 Å². The van der Waals surface area contributed by atoms with Gasteiger partial charge in [-0.3, -0.25) is 56.7 Å². The molecular weight excluding hydrogens is 1860 g/mol. The zero-order valence-corrected chi connectivity index (χ0v) is 76.3. The lowest BCUT2D eigenvalue weighted by Gasteiger charge is -2.17. The van der Waals surface area contributed by atoms with Crippen LogP contribution in [0.2, 0.25) is 0 Å². The van der Waals surface area contributed by atoms with Gasteiger partial charge >= 0.3 is 0 Å². The summed E-state index contributed by atoms with van der Waals surface area (Å²) in [5, 5.41) is 194. The molecule has 0 spiro atoms. The molecule has 130 heavy (non-hydrogen) atoms. The lowest BCUT2D eigenvalue weighted by Crippen LogP contribution is -2.32. The Balaban J connectivity index is 0.00000219. The molecule has 0 aliphatic carbocycles. The van der Waals surface area contributed by atoms with E-state index in [1.165, 1.54) is 0 Å². The monoisotopic (exact) mass is 1980 g/mol. The fourth-order valence-corrected chi connectivity index (χ4v) is 15.1. The number of fused-ring (bicyclic) bond motifs is 2. The zero-order valence-electron chi connectivity index (χ0n) is 71.4. The molecule has 0 aromatic heterocycles. The van der Waals surface area contributed by atoms with Crippen LogP contribution in [0.25, 0.3) is 33.7 Å². The Hall–Kier alpha value is -7.52. The molecule has 56 heteroatoms. The third-order valence-electron chi connectivity index (χ3n) is 17.1. The smallest absolute Gasteiger partial charge is 0.296 e. The molecule has 0 heterocycles. The van der Waals surface area contributed by atoms with Crippen LogP contribution in [0.3, 0.4) is 0 Å². The molecule has 0 radical (unpaired) electrons. The van der Waals surface area contributed by atoms with Gasteiger partial charge < -0.3 is 113 Å². The molecule has 50 nitrogen and oxygen atoms in total. The van der Waals surface area contributed by atoms with Crippen LogP contribution in [0.4, 0.5) is 34.1 Å². The number of phenols is 2. The van der Waals surface area contributed by atoms with Gasteiger partial charge in [0.25, 0.3) is 60.7 Å². The topological polar surface area (TPSA) is 824 Å². The Morgan fingerprint density at radius 3 is 0.638 bits per heavy atom. The van der Waals surface area contributed by atoms with Gasteiger partial charge in [0.05, 0.1) is 140 Å². The van der Waals surface area contributed by atoms with Gasteiger partial charge in [-0.15, -0.1) is 10.2 Å². The Bertz CT molecular complexity index is 4630. The number of aliphatic hydroxyl groups is 18. The number of nitrogens with one attached hydrogen (secondary N) is 2. The highest BCUT2D eigenvalue weighted by Gasteiger charge is 2.29. The SMILES string of the molecule is CCNc1cc(S(=O)(=O)O)cc2cc(S(=O)(=O)O)c(N=Nc3ccc(/C=C/c4ccc(N=Nc5c(S(=O)(=O)O)cc6cc(S(=O)(=O)O)cc(NCC)c6c5O)cc4S(=O)(=O)O)c(S(=O)(=O)O)c3)c(O)c12.OCCN(CCO)CCO.OCCN(CCO)CCO.OCCN(CCO)CCO.OCCN(CCO)CCO.OCCN(CCO)CCO.OCCN(CCO)CCO. The van der Waals surface area contributed by atoms with Crippen LogP contribution in [-0.2, 0) is 60.7 Å². The lowest BCUT2D eigenvalue weighted by atomic mass is 10.1. The molecule has 744 valence electrons. The molecule has 0 aliphatic rings. The Kier molecular flexibility index (Phi) is 61.4. The van der Waals surface area contributed by atoms with E-state index in [2.05, 4.69) is 31.1 Å². The molecular formula is C74H124N12O38S6. The molecule has 0 bridgehead atoms. The summed E-state index contributed by atoms with van der Waals surface area (Å²) in [7, 11) is -30.7. The molecule has 6 aromatic rings. The summed E-state index contributed by atoms with van der Waals surface area (Å²) in [6.45, 7) is 13.9. The van der Waals surface area contributed by atoms with Gasteiger partial charge in [0.2, 0.25) is 0 Å². The summed E-state index contributed by atoms with van der Waals surface area (Å²) in [5.41, 5.74) is -3.73. The summed E-state index contributed by atoms with van der Waals surface area (Å²) in [6.07, 6.45) is 1.90. The quantitative estimate of drug-likeness (QED) is 0.00994. The second-order valence-corrected chi connectivity index (χ2v) is 34.8. The van der Waals surface area contributed by atoms with Crippen molar-refractivity contribution in [2.75, 3.05) is 260 Å². The van der Waals surface area contributed by atoms with Gasteiger partial charge in [0, 0.05) is 153 Å². The van der Waals surface area contributed by atoms with Crippen LogP contribution >= 0.6 is 0 Å². The number of hydrogen-bond donors (Lipinski definition) is 28. The van der Waals surface area contributed by atoms with Gasteiger partial charge in [0.1, 0.15) is 31.0 Å². The van der Waals surface area contributed by atoms with E-state index >= 15 is 0 Å². The van der Waals surface area contributed by atoms with Crippen molar-refractivity contribution in [1.82, 2.24) is 29.4 Å². The van der Waals surface area contributed by atoms with E-state index in [-0.39, 0.29) is 176 Å². The van der Waals surface area contributed by atoms with Gasteiger partial charge in [-0.25, -0.2) is 0 Å². The number of nitrogens with zero attached hydrogens (tertiary/aromatic N) is 10. The highest BCUT2D eigenvalue weighted by Crippen LogP contribution is 2.47. The highest BCUT2D eigenvalue weighted by molar-refractivity contribution is 7.87. The first-order chi connectivity index (χ1) is 61.3. The second-order valence-electron chi connectivity index (χ2n) is 26.4. The molecule has 28 N–H and O–H groups in total. The van der Waals surface area contributed by atoms with Gasteiger partial charge in [-0.2, -0.15) is 60.7 Å². The minimum atomic E-state index is -5.28. The van der Waals surface area contributed by atoms with Crippen molar-refractivity contribution in [2.24, 2.45) is 20.5 Å². The van der Waals surface area contributed by atoms with Crippen molar-refractivity contribution in [3.8, 4) is 11.5 Å². The average Bonchev–Trinajstić information content (AvgIpc) is 0.752. The predicted molar refractivity (Wildman–Crippen MR) is 475 cm³/mol. The first-order valence-corrected chi connectivity index (χ1v) is 48.1. The summed E-state index contributed by atoms with van der Waals surface area (Å²) >= 11 is 0. The van der Waals surface area contributed by atoms with Crippen molar-refractivity contribution in [3.63, 3.8) is 0 Å². The molecule has 0 aliphatic heterocycles. The third-order valence-corrected chi connectivity index (χ3v) is 22.4. The first-order valence-electron chi connectivity index (χ1n) is 39.4. The summed E-state index contributed by atoms with van der Waals surface area (Å²) in [5.74, 6) is -1.95. The number of anilines is 2. The second kappa shape index (κ2) is 65.2. The van der Waals surface area contributed by atoms with E-state index in [9.17, 15) is 88.0 Å². The minimum absolute atomic E-state index is 0.0694. The molecule has 0 atom stereocenters. The maximum atomic E-state index is 12.6. The predicted octanol–water partition coefficient (Wildman–Crippen LogP) is -3.66. The van der Waals surface area contributed by atoms with E-state index in [4.69, 9.17) is 91.9 Å². The number of phenolic OH excluding ortho intramolecular Hbond substituents is 2. The standard InChI is InChI=1S/C38H34N6O20S6.6C6H15NO3/c1-3-39-27-17-25(65(47,48)49)11-21-13-31(69(59,60)61)35(37(45)33(21)27)43-41-23-9-7-19(29(15-23)67(53,54)55)5-6-20-8-10-24(16-30(20)68(56,57)58)42-44-36-32(70(62,63)64)14-22-12-26(66(50,51)52)18-28(40-4-2)34(22)38(36)46;6*8-4-1-7(2-5-9)3-6-10/h5-18,39-40,45-46H,3-4H2,1-2H3,(H,47,48,49)(H,50,51,52)(H,53,54,55)(H,56,57,58)(H,59,60,61)(H,62,63,64);6*8-10H,1-6H2/b6-5+,43-41?,44-42?;;;;;;. The van der Waals surface area contributed by atoms with Crippen LogP contribution in [0.1, 0.15) is 25.0 Å². The van der Waals surface area contributed by atoms with Crippen LogP contribution in [-0.4, -0.2) is 459 Å². The maximum Gasteiger partial charge on any atom is 0.296 e.